The molecule has 0 bridgehead atoms. The van der Waals surface area contributed by atoms with Crippen molar-refractivity contribution in [3.63, 3.8) is 0 Å². The third-order valence-electron chi connectivity index (χ3n) is 3.95. The van der Waals surface area contributed by atoms with Crippen LogP contribution in [0.1, 0.15) is 27.0 Å². The largest absolute Gasteiger partial charge is 0.478 e. The highest BCUT2D eigenvalue weighted by molar-refractivity contribution is 5.93. The molecule has 0 amide bonds. The number of aryl methyl sites for hydroxylation is 2. The predicted molar refractivity (Wildman–Crippen MR) is 83.9 cm³/mol. The van der Waals surface area contributed by atoms with E-state index in [-0.39, 0.29) is 0 Å². The molecule has 0 saturated heterocycles. The fraction of sp³-hybridized carbons (Fsp3) is 0.167. The lowest BCUT2D eigenvalue weighted by Crippen LogP contribution is -2.00. The highest BCUT2D eigenvalue weighted by Crippen LogP contribution is 2.20. The van der Waals surface area contributed by atoms with Crippen LogP contribution in [0.5, 0.6) is 0 Å². The first-order valence-electron chi connectivity index (χ1n) is 6.93. The monoisotopic (exact) mass is 279 g/mol. The Morgan fingerprint density at radius 2 is 1.86 bits per heavy atom. The summed E-state index contributed by atoms with van der Waals surface area (Å²) in [5.74, 6) is -0.893. The topological polar surface area (TPSA) is 42.2 Å². The minimum absolute atomic E-state index is 0.322. The standard InChI is InChI=1S/C18H17NO2/c1-12-3-4-14(9-13(12)2)11-19-8-7-15-5-6-16(18(20)21)10-17(15)19/h3-10H,11H2,1-2H3,(H,20,21). The van der Waals surface area contributed by atoms with E-state index < -0.39 is 5.97 Å². The minimum Gasteiger partial charge on any atom is -0.478 e. The Labute approximate surface area is 123 Å². The Bertz CT molecular complexity index is 830. The summed E-state index contributed by atoms with van der Waals surface area (Å²) >= 11 is 0. The van der Waals surface area contributed by atoms with Crippen LogP contribution in [0, 0.1) is 13.8 Å². The van der Waals surface area contributed by atoms with Crippen LogP contribution in [0.2, 0.25) is 0 Å². The van der Waals surface area contributed by atoms with Crippen LogP contribution in [0.3, 0.4) is 0 Å². The van der Waals surface area contributed by atoms with E-state index in [1.165, 1.54) is 16.7 Å². The minimum atomic E-state index is -0.893. The molecule has 3 rings (SSSR count). The Morgan fingerprint density at radius 3 is 2.57 bits per heavy atom. The maximum Gasteiger partial charge on any atom is 0.335 e. The maximum atomic E-state index is 11.1. The fourth-order valence-electron chi connectivity index (χ4n) is 2.55. The average Bonchev–Trinajstić information content (AvgIpc) is 2.85. The van der Waals surface area contributed by atoms with Gasteiger partial charge in [0.25, 0.3) is 0 Å². The van der Waals surface area contributed by atoms with E-state index in [4.69, 9.17) is 5.11 Å². The number of hydrogen-bond acceptors (Lipinski definition) is 1. The molecular formula is C18H17NO2. The smallest absolute Gasteiger partial charge is 0.335 e. The van der Waals surface area contributed by atoms with E-state index in [9.17, 15) is 4.79 Å². The molecule has 0 fully saturated rings. The van der Waals surface area contributed by atoms with Gasteiger partial charge in [0.1, 0.15) is 0 Å². The first-order valence-corrected chi connectivity index (χ1v) is 6.93. The number of benzene rings is 2. The molecule has 0 unspecified atom stereocenters. The molecular weight excluding hydrogens is 262 g/mol. The molecule has 3 heteroatoms. The molecule has 0 aliphatic carbocycles. The average molecular weight is 279 g/mol. The first-order chi connectivity index (χ1) is 10.0. The zero-order valence-corrected chi connectivity index (χ0v) is 12.1. The third-order valence-corrected chi connectivity index (χ3v) is 3.95. The SMILES string of the molecule is Cc1ccc(Cn2ccc3ccc(C(=O)O)cc32)cc1C. The van der Waals surface area contributed by atoms with Gasteiger partial charge in [0.2, 0.25) is 0 Å². The lowest BCUT2D eigenvalue weighted by molar-refractivity contribution is 0.0697. The Balaban J connectivity index is 2.01. The van der Waals surface area contributed by atoms with Gasteiger partial charge in [-0.1, -0.05) is 24.3 Å². The van der Waals surface area contributed by atoms with Gasteiger partial charge in [-0.3, -0.25) is 0 Å². The van der Waals surface area contributed by atoms with Crippen molar-refractivity contribution in [1.82, 2.24) is 4.57 Å². The van der Waals surface area contributed by atoms with Gasteiger partial charge < -0.3 is 9.67 Å². The summed E-state index contributed by atoms with van der Waals surface area (Å²) in [6.07, 6.45) is 2.01. The zero-order valence-electron chi connectivity index (χ0n) is 12.1. The molecule has 0 aliphatic rings. The third kappa shape index (κ3) is 2.55. The summed E-state index contributed by atoms with van der Waals surface area (Å²) < 4.78 is 2.09. The molecule has 21 heavy (non-hydrogen) atoms. The number of hydrogen-bond donors (Lipinski definition) is 1. The van der Waals surface area contributed by atoms with Crippen molar-refractivity contribution >= 4 is 16.9 Å². The molecule has 0 spiro atoms. The Kier molecular flexibility index (Phi) is 3.26. The van der Waals surface area contributed by atoms with Crippen molar-refractivity contribution in [2.45, 2.75) is 20.4 Å². The molecule has 0 saturated carbocycles. The van der Waals surface area contributed by atoms with Crippen molar-refractivity contribution < 1.29 is 9.90 Å². The van der Waals surface area contributed by atoms with Gasteiger partial charge in [0.05, 0.1) is 5.56 Å². The lowest BCUT2D eigenvalue weighted by atomic mass is 10.1. The van der Waals surface area contributed by atoms with Gasteiger partial charge in [-0.05, 0) is 54.1 Å². The van der Waals surface area contributed by atoms with Crippen molar-refractivity contribution in [2.75, 3.05) is 0 Å². The van der Waals surface area contributed by atoms with E-state index >= 15 is 0 Å². The van der Waals surface area contributed by atoms with Gasteiger partial charge in [-0.25, -0.2) is 4.79 Å². The number of aromatic nitrogens is 1. The number of aromatic carboxylic acids is 1. The molecule has 3 aromatic rings. The quantitative estimate of drug-likeness (QED) is 0.787. The lowest BCUT2D eigenvalue weighted by Gasteiger charge is -2.08. The molecule has 1 aromatic heterocycles. The van der Waals surface area contributed by atoms with Crippen LogP contribution in [0.15, 0.2) is 48.7 Å². The van der Waals surface area contributed by atoms with Gasteiger partial charge in [0, 0.05) is 18.3 Å². The summed E-state index contributed by atoms with van der Waals surface area (Å²) in [6, 6.07) is 13.7. The van der Waals surface area contributed by atoms with Crippen molar-refractivity contribution in [3.05, 3.63) is 70.9 Å². The van der Waals surface area contributed by atoms with Crippen molar-refractivity contribution in [3.8, 4) is 0 Å². The van der Waals surface area contributed by atoms with E-state index in [1.54, 1.807) is 12.1 Å². The number of rotatable bonds is 3. The highest BCUT2D eigenvalue weighted by Gasteiger charge is 2.07. The summed E-state index contributed by atoms with van der Waals surface area (Å²) in [5, 5.41) is 10.2. The second-order valence-electron chi connectivity index (χ2n) is 5.44. The molecule has 0 aliphatic heterocycles. The van der Waals surface area contributed by atoms with Gasteiger partial charge in [0.15, 0.2) is 0 Å². The van der Waals surface area contributed by atoms with Crippen molar-refractivity contribution in [1.29, 1.82) is 0 Å². The van der Waals surface area contributed by atoms with E-state index in [0.717, 1.165) is 17.4 Å². The second kappa shape index (κ2) is 5.09. The molecule has 0 atom stereocenters. The van der Waals surface area contributed by atoms with Crippen molar-refractivity contribution in [2.24, 2.45) is 0 Å². The number of carboxylic acid groups (broad SMARTS) is 1. The fourth-order valence-corrected chi connectivity index (χ4v) is 2.55. The molecule has 106 valence electrons. The number of carboxylic acids is 1. The number of nitrogens with zero attached hydrogens (tertiary/aromatic N) is 1. The van der Waals surface area contributed by atoms with Crippen LogP contribution in [-0.2, 0) is 6.54 Å². The Hall–Kier alpha value is -2.55. The summed E-state index contributed by atoms with van der Waals surface area (Å²) in [5.41, 5.74) is 5.05. The predicted octanol–water partition coefficient (Wildman–Crippen LogP) is 4.00. The molecule has 1 N–H and O–H groups in total. The normalized spacial score (nSPS) is 11.0. The summed E-state index contributed by atoms with van der Waals surface area (Å²) in [6.45, 7) is 4.95. The van der Waals surface area contributed by atoms with E-state index in [0.29, 0.717) is 5.56 Å². The van der Waals surface area contributed by atoms with Crippen LogP contribution < -0.4 is 0 Å². The summed E-state index contributed by atoms with van der Waals surface area (Å²) in [7, 11) is 0. The first kappa shape index (κ1) is 13.4. The Morgan fingerprint density at radius 1 is 1.05 bits per heavy atom. The molecule has 1 heterocycles. The molecule has 2 aromatic carbocycles. The van der Waals surface area contributed by atoms with Crippen LogP contribution in [0.25, 0.3) is 10.9 Å². The number of carbonyl (C=O) groups is 1. The molecule has 0 radical (unpaired) electrons. The van der Waals surface area contributed by atoms with E-state index in [2.05, 4.69) is 36.6 Å². The highest BCUT2D eigenvalue weighted by atomic mass is 16.4. The van der Waals surface area contributed by atoms with Gasteiger partial charge in [-0.15, -0.1) is 0 Å². The second-order valence-corrected chi connectivity index (χ2v) is 5.44. The van der Waals surface area contributed by atoms with Crippen LogP contribution >= 0.6 is 0 Å². The maximum absolute atomic E-state index is 11.1. The number of fused-ring (bicyclic) bond motifs is 1. The summed E-state index contributed by atoms with van der Waals surface area (Å²) in [4.78, 5) is 11.1. The van der Waals surface area contributed by atoms with Crippen LogP contribution in [0.4, 0.5) is 0 Å². The molecule has 3 nitrogen and oxygen atoms in total. The van der Waals surface area contributed by atoms with Gasteiger partial charge in [-0.2, -0.15) is 0 Å². The van der Waals surface area contributed by atoms with E-state index in [1.807, 2.05) is 18.3 Å². The van der Waals surface area contributed by atoms with Gasteiger partial charge >= 0.3 is 5.97 Å². The zero-order chi connectivity index (χ0) is 15.0. The van der Waals surface area contributed by atoms with Crippen LogP contribution in [-0.4, -0.2) is 15.6 Å².